The molecule has 5 nitrogen and oxygen atoms in total. The summed E-state index contributed by atoms with van der Waals surface area (Å²) in [7, 11) is 0. The number of rotatable bonds is 4. The van der Waals surface area contributed by atoms with Gasteiger partial charge in [0.1, 0.15) is 6.04 Å². The molecule has 2 fully saturated rings. The van der Waals surface area contributed by atoms with Crippen LogP contribution in [0.1, 0.15) is 43.7 Å². The second-order valence-corrected chi connectivity index (χ2v) is 7.61. The average Bonchev–Trinajstić information content (AvgIpc) is 2.97. The first-order chi connectivity index (χ1) is 12.0. The third kappa shape index (κ3) is 4.57. The summed E-state index contributed by atoms with van der Waals surface area (Å²) in [5, 5.41) is 0. The number of amides is 2. The van der Waals surface area contributed by atoms with Gasteiger partial charge in [0.05, 0.1) is 0 Å². The molecule has 2 N–H and O–H groups in total. The summed E-state index contributed by atoms with van der Waals surface area (Å²) in [6.45, 7) is 6.08. The van der Waals surface area contributed by atoms with Gasteiger partial charge < -0.3 is 15.5 Å². The zero-order chi connectivity index (χ0) is 18.0. The third-order valence-corrected chi connectivity index (χ3v) is 5.60. The van der Waals surface area contributed by atoms with Crippen molar-refractivity contribution in [1.82, 2.24) is 9.80 Å². The van der Waals surface area contributed by atoms with Gasteiger partial charge in [-0.3, -0.25) is 9.59 Å². The summed E-state index contributed by atoms with van der Waals surface area (Å²) < 4.78 is 0. The molecule has 26 heavy (non-hydrogen) atoms. The first kappa shape index (κ1) is 20.7. The smallest absolute Gasteiger partial charge is 0.245 e. The fourth-order valence-corrected chi connectivity index (χ4v) is 3.93. The number of carbonyl (C=O) groups is 2. The van der Waals surface area contributed by atoms with Crippen molar-refractivity contribution in [3.63, 3.8) is 0 Å². The minimum absolute atomic E-state index is 0. The lowest BCUT2D eigenvalue weighted by molar-refractivity contribution is -0.143. The zero-order valence-corrected chi connectivity index (χ0v) is 16.5. The second-order valence-electron chi connectivity index (χ2n) is 7.61. The lowest BCUT2D eigenvalue weighted by Gasteiger charge is -2.37. The molecule has 0 bridgehead atoms. The highest BCUT2D eigenvalue weighted by atomic mass is 35.5. The van der Waals surface area contributed by atoms with Crippen LogP contribution in [0.4, 0.5) is 0 Å². The first-order valence-corrected chi connectivity index (χ1v) is 9.35. The Morgan fingerprint density at radius 1 is 1.27 bits per heavy atom. The van der Waals surface area contributed by atoms with Crippen LogP contribution in [0, 0.1) is 12.8 Å². The monoisotopic (exact) mass is 379 g/mol. The van der Waals surface area contributed by atoms with Crippen LogP contribution < -0.4 is 5.73 Å². The molecule has 1 aromatic rings. The molecule has 6 heteroatoms. The van der Waals surface area contributed by atoms with Gasteiger partial charge in [-0.2, -0.15) is 0 Å². The van der Waals surface area contributed by atoms with Crippen LogP contribution in [-0.2, 0) is 16.1 Å². The molecule has 2 aliphatic rings. The first-order valence-electron chi connectivity index (χ1n) is 9.35. The lowest BCUT2D eigenvalue weighted by atomic mass is 9.91. The van der Waals surface area contributed by atoms with Gasteiger partial charge in [-0.15, -0.1) is 12.4 Å². The van der Waals surface area contributed by atoms with E-state index in [1.165, 1.54) is 5.56 Å². The number of carbonyl (C=O) groups excluding carboxylic acids is 2. The molecule has 144 valence electrons. The molecule has 2 amide bonds. The van der Waals surface area contributed by atoms with Crippen molar-refractivity contribution in [3.05, 3.63) is 35.4 Å². The van der Waals surface area contributed by atoms with Crippen LogP contribution in [-0.4, -0.2) is 46.8 Å². The number of halogens is 1. The Balaban J connectivity index is 0.00000243. The van der Waals surface area contributed by atoms with E-state index >= 15 is 0 Å². The second kappa shape index (κ2) is 8.87. The van der Waals surface area contributed by atoms with E-state index in [0.717, 1.165) is 31.5 Å². The molecular weight excluding hydrogens is 350 g/mol. The lowest BCUT2D eigenvalue weighted by Crippen LogP contribution is -2.51. The minimum Gasteiger partial charge on any atom is -0.341 e. The molecule has 2 aliphatic heterocycles. The summed E-state index contributed by atoms with van der Waals surface area (Å²) in [6.07, 6.45) is 3.17. The Bertz CT molecular complexity index is 632. The number of benzene rings is 1. The molecule has 0 spiro atoms. The van der Waals surface area contributed by atoms with Gasteiger partial charge in [-0.05, 0) is 44.6 Å². The van der Waals surface area contributed by atoms with Crippen LogP contribution in [0.15, 0.2) is 24.3 Å². The van der Waals surface area contributed by atoms with Crippen LogP contribution in [0.5, 0.6) is 0 Å². The summed E-state index contributed by atoms with van der Waals surface area (Å²) in [5.41, 5.74) is 8.31. The van der Waals surface area contributed by atoms with Gasteiger partial charge in [0.25, 0.3) is 0 Å². The Kier molecular flexibility index (Phi) is 7.07. The Morgan fingerprint density at radius 2 is 1.96 bits per heavy atom. The van der Waals surface area contributed by atoms with Crippen molar-refractivity contribution in [1.29, 1.82) is 0 Å². The molecule has 3 atom stereocenters. The van der Waals surface area contributed by atoms with Gasteiger partial charge in [-0.25, -0.2) is 0 Å². The van der Waals surface area contributed by atoms with E-state index < -0.39 is 0 Å². The molecule has 2 heterocycles. The largest absolute Gasteiger partial charge is 0.341 e. The molecule has 1 aromatic carbocycles. The van der Waals surface area contributed by atoms with E-state index in [9.17, 15) is 9.59 Å². The number of hydrogen-bond donors (Lipinski definition) is 1. The fourth-order valence-electron chi connectivity index (χ4n) is 3.93. The number of aryl methyl sites for hydroxylation is 1. The molecular formula is C20H30ClN3O2. The normalized spacial score (nSPS) is 24.3. The average molecular weight is 380 g/mol. The predicted molar refractivity (Wildman–Crippen MR) is 105 cm³/mol. The number of likely N-dealkylation sites (tertiary alicyclic amines) is 2. The molecule has 0 saturated carbocycles. The van der Waals surface area contributed by atoms with Gasteiger partial charge in [0, 0.05) is 32.1 Å². The molecule has 2 saturated heterocycles. The van der Waals surface area contributed by atoms with E-state index in [4.69, 9.17) is 5.73 Å². The van der Waals surface area contributed by atoms with Crippen LogP contribution in [0.2, 0.25) is 0 Å². The molecule has 0 aromatic heterocycles. The van der Waals surface area contributed by atoms with Crippen LogP contribution in [0.3, 0.4) is 0 Å². The SMILES string of the molecule is Cc1ccc(CN2C(=O)CCC2C(=O)N2CCCC(C(C)N)C2)cc1.Cl. The van der Waals surface area contributed by atoms with E-state index in [-0.39, 0.29) is 36.3 Å². The highest BCUT2D eigenvalue weighted by Crippen LogP contribution is 2.26. The maximum atomic E-state index is 13.1. The van der Waals surface area contributed by atoms with Gasteiger partial charge in [0.15, 0.2) is 0 Å². The van der Waals surface area contributed by atoms with Crippen molar-refractivity contribution < 1.29 is 9.59 Å². The summed E-state index contributed by atoms with van der Waals surface area (Å²) in [5.74, 6) is 0.545. The highest BCUT2D eigenvalue weighted by molar-refractivity contribution is 5.91. The Hall–Kier alpha value is -1.59. The van der Waals surface area contributed by atoms with Crippen molar-refractivity contribution in [2.75, 3.05) is 13.1 Å². The third-order valence-electron chi connectivity index (χ3n) is 5.60. The molecule has 0 aliphatic carbocycles. The quantitative estimate of drug-likeness (QED) is 0.873. The van der Waals surface area contributed by atoms with Crippen LogP contribution >= 0.6 is 12.4 Å². The van der Waals surface area contributed by atoms with Crippen molar-refractivity contribution >= 4 is 24.2 Å². The van der Waals surface area contributed by atoms with Gasteiger partial charge in [0.2, 0.25) is 11.8 Å². The van der Waals surface area contributed by atoms with E-state index in [0.29, 0.717) is 25.3 Å². The topological polar surface area (TPSA) is 66.6 Å². The fraction of sp³-hybridized carbons (Fsp3) is 0.600. The van der Waals surface area contributed by atoms with E-state index in [1.807, 2.05) is 43.0 Å². The summed E-state index contributed by atoms with van der Waals surface area (Å²) in [4.78, 5) is 29.1. The number of piperidine rings is 1. The number of nitrogens with zero attached hydrogens (tertiary/aromatic N) is 2. The van der Waals surface area contributed by atoms with Crippen molar-refractivity contribution in [2.24, 2.45) is 11.7 Å². The molecule has 0 radical (unpaired) electrons. The maximum Gasteiger partial charge on any atom is 0.245 e. The number of nitrogens with two attached hydrogens (primary N) is 1. The van der Waals surface area contributed by atoms with Gasteiger partial charge in [-0.1, -0.05) is 29.8 Å². The molecule has 3 rings (SSSR count). The Morgan fingerprint density at radius 3 is 2.62 bits per heavy atom. The van der Waals surface area contributed by atoms with Gasteiger partial charge >= 0.3 is 0 Å². The Labute approximate surface area is 162 Å². The molecule has 3 unspecified atom stereocenters. The minimum atomic E-state index is -0.319. The highest BCUT2D eigenvalue weighted by Gasteiger charge is 2.39. The standard InChI is InChI=1S/C20H29N3O2.ClH/c1-14-5-7-16(8-6-14)12-23-18(9-10-19(23)24)20(25)22-11-3-4-17(13-22)15(2)21;/h5-8,15,17-18H,3-4,9-13,21H2,1-2H3;1H. The van der Waals surface area contributed by atoms with E-state index in [2.05, 4.69) is 0 Å². The summed E-state index contributed by atoms with van der Waals surface area (Å²) in [6, 6.07) is 7.95. The van der Waals surface area contributed by atoms with Crippen molar-refractivity contribution in [2.45, 2.75) is 58.2 Å². The van der Waals surface area contributed by atoms with Crippen LogP contribution in [0.25, 0.3) is 0 Å². The maximum absolute atomic E-state index is 13.1. The predicted octanol–water partition coefficient (Wildman–Crippen LogP) is 2.49. The zero-order valence-electron chi connectivity index (χ0n) is 15.7. The summed E-state index contributed by atoms with van der Waals surface area (Å²) >= 11 is 0. The van der Waals surface area contributed by atoms with Crippen molar-refractivity contribution in [3.8, 4) is 0 Å². The van der Waals surface area contributed by atoms with E-state index in [1.54, 1.807) is 4.90 Å². The number of hydrogen-bond acceptors (Lipinski definition) is 3.